The molecule has 1 heterocycles. The Hall–Kier alpha value is -1.27. The van der Waals surface area contributed by atoms with Crippen LogP contribution in [-0.2, 0) is 0 Å². The van der Waals surface area contributed by atoms with Crippen LogP contribution in [0.5, 0.6) is 0 Å². The third kappa shape index (κ3) is 4.61. The minimum atomic E-state index is -0.551. The highest BCUT2D eigenvalue weighted by atomic mass is 32.1. The minimum absolute atomic E-state index is 0.0716. The Morgan fingerprint density at radius 3 is 2.57 bits per heavy atom. The lowest BCUT2D eigenvalue weighted by Crippen LogP contribution is -2.33. The lowest BCUT2D eigenvalue weighted by molar-refractivity contribution is 0.127. The molecule has 3 atom stereocenters. The molecule has 1 aromatic heterocycles. The number of aliphatic hydroxyl groups excluding tert-OH is 2. The van der Waals surface area contributed by atoms with Gasteiger partial charge < -0.3 is 15.5 Å². The van der Waals surface area contributed by atoms with Crippen LogP contribution in [0.1, 0.15) is 41.8 Å². The van der Waals surface area contributed by atoms with Crippen molar-refractivity contribution in [3.8, 4) is 0 Å². The molecular formula is C16H22N2O2S. The molecule has 3 N–H and O–H groups in total. The van der Waals surface area contributed by atoms with Crippen molar-refractivity contribution >= 4 is 11.3 Å². The van der Waals surface area contributed by atoms with E-state index in [0.29, 0.717) is 13.0 Å². The van der Waals surface area contributed by atoms with Gasteiger partial charge in [-0.3, -0.25) is 0 Å². The van der Waals surface area contributed by atoms with E-state index in [1.54, 1.807) is 0 Å². The first kappa shape index (κ1) is 16.1. The maximum atomic E-state index is 10.2. The van der Waals surface area contributed by atoms with Crippen LogP contribution in [0.15, 0.2) is 35.7 Å². The van der Waals surface area contributed by atoms with Crippen LogP contribution in [0.4, 0.5) is 0 Å². The number of hydrogen-bond donors (Lipinski definition) is 3. The highest BCUT2D eigenvalue weighted by Crippen LogP contribution is 2.21. The maximum absolute atomic E-state index is 10.2. The zero-order valence-electron chi connectivity index (χ0n) is 12.4. The molecule has 0 fully saturated rings. The molecule has 3 unspecified atom stereocenters. The van der Waals surface area contributed by atoms with Gasteiger partial charge in [0, 0.05) is 17.1 Å². The molecule has 0 bridgehead atoms. The monoisotopic (exact) mass is 306 g/mol. The molecule has 0 aliphatic rings. The van der Waals surface area contributed by atoms with Gasteiger partial charge in [-0.25, -0.2) is 4.98 Å². The summed E-state index contributed by atoms with van der Waals surface area (Å²) in [5.41, 5.74) is 1.84. The fourth-order valence-corrected chi connectivity index (χ4v) is 2.96. The molecule has 0 spiro atoms. The van der Waals surface area contributed by atoms with E-state index < -0.39 is 12.2 Å². The van der Waals surface area contributed by atoms with Crippen molar-refractivity contribution in [1.29, 1.82) is 0 Å². The number of rotatable bonds is 7. The van der Waals surface area contributed by atoms with E-state index in [2.05, 4.69) is 10.3 Å². The molecule has 0 saturated heterocycles. The van der Waals surface area contributed by atoms with Crippen molar-refractivity contribution in [2.45, 2.75) is 38.5 Å². The van der Waals surface area contributed by atoms with E-state index in [1.807, 2.05) is 49.6 Å². The number of aromatic nitrogens is 1. The van der Waals surface area contributed by atoms with E-state index in [-0.39, 0.29) is 6.04 Å². The third-order valence-corrected chi connectivity index (χ3v) is 4.48. The molecular weight excluding hydrogens is 284 g/mol. The van der Waals surface area contributed by atoms with Crippen molar-refractivity contribution in [3.63, 3.8) is 0 Å². The third-order valence-electron chi connectivity index (χ3n) is 3.42. The summed E-state index contributed by atoms with van der Waals surface area (Å²) < 4.78 is 0. The van der Waals surface area contributed by atoms with E-state index in [4.69, 9.17) is 0 Å². The van der Waals surface area contributed by atoms with Gasteiger partial charge in [0.2, 0.25) is 0 Å². The normalized spacial score (nSPS) is 15.6. The summed E-state index contributed by atoms with van der Waals surface area (Å²) in [5.74, 6) is 0. The van der Waals surface area contributed by atoms with Crippen LogP contribution in [0.3, 0.4) is 0 Å². The van der Waals surface area contributed by atoms with Crippen LogP contribution < -0.4 is 5.32 Å². The van der Waals surface area contributed by atoms with Crippen LogP contribution >= 0.6 is 11.3 Å². The quantitative estimate of drug-likeness (QED) is 0.735. The Balaban J connectivity index is 1.77. The zero-order chi connectivity index (χ0) is 15.2. The Bertz CT molecular complexity index is 544. The minimum Gasteiger partial charge on any atom is -0.387 e. The predicted molar refractivity (Wildman–Crippen MR) is 85.3 cm³/mol. The second-order valence-electron chi connectivity index (χ2n) is 5.23. The van der Waals surface area contributed by atoms with Gasteiger partial charge in [0.1, 0.15) is 11.1 Å². The topological polar surface area (TPSA) is 65.4 Å². The molecule has 2 aromatic rings. The van der Waals surface area contributed by atoms with E-state index in [0.717, 1.165) is 16.3 Å². The van der Waals surface area contributed by atoms with Gasteiger partial charge in [0.05, 0.1) is 6.10 Å². The maximum Gasteiger partial charge on any atom is 0.122 e. The first-order valence-corrected chi connectivity index (χ1v) is 8.02. The van der Waals surface area contributed by atoms with Gasteiger partial charge >= 0.3 is 0 Å². The largest absolute Gasteiger partial charge is 0.387 e. The molecule has 0 aliphatic carbocycles. The van der Waals surface area contributed by atoms with Crippen molar-refractivity contribution in [2.75, 3.05) is 6.54 Å². The second-order valence-corrected chi connectivity index (χ2v) is 6.12. The second kappa shape index (κ2) is 7.66. The lowest BCUT2D eigenvalue weighted by atomic mass is 10.0. The number of benzene rings is 1. The summed E-state index contributed by atoms with van der Waals surface area (Å²) in [6.07, 6.45) is -0.513. The van der Waals surface area contributed by atoms with Crippen LogP contribution in [-0.4, -0.2) is 27.8 Å². The van der Waals surface area contributed by atoms with Crippen molar-refractivity contribution in [2.24, 2.45) is 0 Å². The first-order chi connectivity index (χ1) is 10.1. The van der Waals surface area contributed by atoms with Crippen molar-refractivity contribution < 1.29 is 10.2 Å². The Morgan fingerprint density at radius 2 is 1.95 bits per heavy atom. The molecule has 5 heteroatoms. The fourth-order valence-electron chi connectivity index (χ4n) is 2.15. The number of nitrogens with zero attached hydrogens (tertiary/aromatic N) is 1. The van der Waals surface area contributed by atoms with Crippen LogP contribution in [0, 0.1) is 6.92 Å². The number of nitrogens with one attached hydrogen (secondary N) is 1. The van der Waals surface area contributed by atoms with Gasteiger partial charge in [-0.2, -0.15) is 0 Å². The first-order valence-electron chi connectivity index (χ1n) is 7.14. The summed E-state index contributed by atoms with van der Waals surface area (Å²) in [5, 5.41) is 26.2. The summed E-state index contributed by atoms with van der Waals surface area (Å²) >= 11 is 1.48. The standard InChI is InChI=1S/C16H22N2O2S/c1-11-10-21-16(18-11)14(19)8-9-17-12(2)15(20)13-6-4-3-5-7-13/h3-7,10,12,14-15,17,19-20H,8-9H2,1-2H3. The molecule has 114 valence electrons. The average Bonchev–Trinajstić information content (AvgIpc) is 2.94. The molecule has 2 rings (SSSR count). The van der Waals surface area contributed by atoms with Crippen LogP contribution in [0.2, 0.25) is 0 Å². The SMILES string of the molecule is Cc1csc(C(O)CCNC(C)C(O)c2ccccc2)n1. The summed E-state index contributed by atoms with van der Waals surface area (Å²) in [6, 6.07) is 9.52. The van der Waals surface area contributed by atoms with Gasteiger partial charge in [-0.1, -0.05) is 30.3 Å². The summed E-state index contributed by atoms with van der Waals surface area (Å²) in [6.45, 7) is 4.49. The molecule has 0 saturated carbocycles. The summed E-state index contributed by atoms with van der Waals surface area (Å²) in [7, 11) is 0. The molecule has 21 heavy (non-hydrogen) atoms. The number of hydrogen-bond acceptors (Lipinski definition) is 5. The molecule has 0 radical (unpaired) electrons. The van der Waals surface area contributed by atoms with Crippen molar-refractivity contribution in [1.82, 2.24) is 10.3 Å². The summed E-state index contributed by atoms with van der Waals surface area (Å²) in [4.78, 5) is 4.28. The smallest absolute Gasteiger partial charge is 0.122 e. The highest BCUT2D eigenvalue weighted by Gasteiger charge is 2.17. The highest BCUT2D eigenvalue weighted by molar-refractivity contribution is 7.09. The Kier molecular flexibility index (Phi) is 5.87. The van der Waals surface area contributed by atoms with E-state index >= 15 is 0 Å². The number of aryl methyl sites for hydroxylation is 1. The molecule has 0 amide bonds. The van der Waals surface area contributed by atoms with Gasteiger partial charge in [-0.15, -0.1) is 11.3 Å². The number of thiazole rings is 1. The Morgan fingerprint density at radius 1 is 1.24 bits per heavy atom. The van der Waals surface area contributed by atoms with Crippen LogP contribution in [0.25, 0.3) is 0 Å². The van der Waals surface area contributed by atoms with Gasteiger partial charge in [0.15, 0.2) is 0 Å². The number of aliphatic hydroxyl groups is 2. The van der Waals surface area contributed by atoms with E-state index in [1.165, 1.54) is 11.3 Å². The molecule has 0 aliphatic heterocycles. The predicted octanol–water partition coefficient (Wildman–Crippen LogP) is 2.59. The average molecular weight is 306 g/mol. The van der Waals surface area contributed by atoms with E-state index in [9.17, 15) is 10.2 Å². The van der Waals surface area contributed by atoms with Crippen molar-refractivity contribution in [3.05, 3.63) is 52.0 Å². The zero-order valence-corrected chi connectivity index (χ0v) is 13.2. The Labute approximate surface area is 129 Å². The molecule has 1 aromatic carbocycles. The van der Waals surface area contributed by atoms with Gasteiger partial charge in [0.25, 0.3) is 0 Å². The van der Waals surface area contributed by atoms with Gasteiger partial charge in [-0.05, 0) is 32.4 Å². The fraction of sp³-hybridized carbons (Fsp3) is 0.438. The lowest BCUT2D eigenvalue weighted by Gasteiger charge is -2.21. The molecule has 4 nitrogen and oxygen atoms in total.